The van der Waals surface area contributed by atoms with Gasteiger partial charge in [0.25, 0.3) is 0 Å². The highest BCUT2D eigenvalue weighted by atomic mass is 127. The first-order valence-corrected chi connectivity index (χ1v) is 8.69. The maximum Gasteiger partial charge on any atom is 0.336 e. The molecule has 0 radical (unpaired) electrons. The molecule has 118 valence electrons. The van der Waals surface area contributed by atoms with E-state index in [1.807, 2.05) is 32.0 Å². The molecule has 3 rings (SSSR count). The number of hydrogen-bond acceptors (Lipinski definition) is 3. The molecule has 23 heavy (non-hydrogen) atoms. The predicted molar refractivity (Wildman–Crippen MR) is 100 cm³/mol. The highest BCUT2D eigenvalue weighted by molar-refractivity contribution is 14.1. The van der Waals surface area contributed by atoms with Crippen molar-refractivity contribution in [3.8, 4) is 0 Å². The van der Waals surface area contributed by atoms with Crippen LogP contribution in [-0.2, 0) is 9.53 Å². The number of nitrogens with one attached hydrogen (secondary N) is 1. The van der Waals surface area contributed by atoms with E-state index in [1.54, 1.807) is 0 Å². The van der Waals surface area contributed by atoms with Crippen LogP contribution in [0, 0.1) is 3.57 Å². The fourth-order valence-corrected chi connectivity index (χ4v) is 3.51. The van der Waals surface area contributed by atoms with Gasteiger partial charge >= 0.3 is 5.97 Å². The van der Waals surface area contributed by atoms with Crippen LogP contribution in [0.1, 0.15) is 30.9 Å². The Bertz CT molecular complexity index is 768. The summed E-state index contributed by atoms with van der Waals surface area (Å²) in [6, 6.07) is 16.4. The maximum absolute atomic E-state index is 12.6. The van der Waals surface area contributed by atoms with Gasteiger partial charge in [0.15, 0.2) is 0 Å². The lowest BCUT2D eigenvalue weighted by Crippen LogP contribution is -2.24. The molecule has 2 aromatic rings. The molecule has 0 amide bonds. The molecule has 1 atom stereocenters. The van der Waals surface area contributed by atoms with Crippen molar-refractivity contribution < 1.29 is 9.53 Å². The molecular formula is C19H18INO2. The van der Waals surface area contributed by atoms with Crippen LogP contribution in [0.3, 0.4) is 0 Å². The molecule has 0 aromatic heterocycles. The number of benzene rings is 2. The topological polar surface area (TPSA) is 38.3 Å². The second-order valence-corrected chi connectivity index (χ2v) is 6.71. The molecule has 0 aliphatic carbocycles. The van der Waals surface area contributed by atoms with Crippen molar-refractivity contribution in [1.82, 2.24) is 0 Å². The van der Waals surface area contributed by atoms with Gasteiger partial charge in [-0.15, -0.1) is 0 Å². The fourth-order valence-electron chi connectivity index (χ4n) is 3.00. The number of hydrogen-bond donors (Lipinski definition) is 1. The van der Waals surface area contributed by atoms with Gasteiger partial charge in [-0.05, 0) is 65.8 Å². The van der Waals surface area contributed by atoms with Gasteiger partial charge in [0.1, 0.15) is 0 Å². The van der Waals surface area contributed by atoms with Crippen molar-refractivity contribution in [2.45, 2.75) is 19.8 Å². The molecule has 0 saturated carbocycles. The van der Waals surface area contributed by atoms with Gasteiger partial charge in [-0.25, -0.2) is 4.79 Å². The number of ether oxygens (including phenoxy) is 1. The van der Waals surface area contributed by atoms with Gasteiger partial charge in [0.05, 0.1) is 12.2 Å². The summed E-state index contributed by atoms with van der Waals surface area (Å²) < 4.78 is 6.46. The van der Waals surface area contributed by atoms with Gasteiger partial charge in [-0.2, -0.15) is 0 Å². The highest BCUT2D eigenvalue weighted by Crippen LogP contribution is 2.42. The number of anilines is 1. The van der Waals surface area contributed by atoms with Crippen LogP contribution in [0.4, 0.5) is 5.69 Å². The number of fused-ring (bicyclic) bond motifs is 1. The van der Waals surface area contributed by atoms with E-state index in [9.17, 15) is 4.79 Å². The van der Waals surface area contributed by atoms with Crippen LogP contribution in [0.15, 0.2) is 59.8 Å². The molecule has 0 saturated heterocycles. The lowest BCUT2D eigenvalue weighted by Gasteiger charge is -2.30. The smallest absolute Gasteiger partial charge is 0.336 e. The van der Waals surface area contributed by atoms with E-state index in [0.717, 1.165) is 26.1 Å². The Kier molecular flexibility index (Phi) is 4.71. The third-order valence-corrected chi connectivity index (χ3v) is 4.64. The summed E-state index contributed by atoms with van der Waals surface area (Å²) in [6.07, 6.45) is 0. The molecular weight excluding hydrogens is 401 g/mol. The third-order valence-electron chi connectivity index (χ3n) is 3.97. The van der Waals surface area contributed by atoms with Crippen molar-refractivity contribution in [1.29, 1.82) is 0 Å². The summed E-state index contributed by atoms with van der Waals surface area (Å²) >= 11 is 2.30. The summed E-state index contributed by atoms with van der Waals surface area (Å²) in [5, 5.41) is 3.35. The van der Waals surface area contributed by atoms with Gasteiger partial charge in [0.2, 0.25) is 0 Å². The summed E-state index contributed by atoms with van der Waals surface area (Å²) in [5.41, 5.74) is 4.79. The first kappa shape index (κ1) is 16.1. The second kappa shape index (κ2) is 6.74. The Balaban J connectivity index is 2.19. The van der Waals surface area contributed by atoms with Crippen LogP contribution in [0.25, 0.3) is 0 Å². The van der Waals surface area contributed by atoms with Crippen molar-refractivity contribution >= 4 is 34.2 Å². The maximum atomic E-state index is 12.6. The van der Waals surface area contributed by atoms with Gasteiger partial charge < -0.3 is 10.1 Å². The molecule has 4 heteroatoms. The molecule has 1 heterocycles. The number of carbonyl (C=O) groups excluding carboxylic acids is 1. The molecule has 1 aliphatic heterocycles. The predicted octanol–water partition coefficient (Wildman–Crippen LogP) is 4.69. The molecule has 0 bridgehead atoms. The zero-order chi connectivity index (χ0) is 16.4. The third kappa shape index (κ3) is 3.13. The average molecular weight is 419 g/mol. The van der Waals surface area contributed by atoms with Gasteiger partial charge in [-0.1, -0.05) is 30.3 Å². The summed E-state index contributed by atoms with van der Waals surface area (Å²) in [7, 11) is 0. The highest BCUT2D eigenvalue weighted by Gasteiger charge is 2.33. The summed E-state index contributed by atoms with van der Waals surface area (Å²) in [5.74, 6) is -0.364. The molecule has 3 nitrogen and oxygen atoms in total. The van der Waals surface area contributed by atoms with E-state index in [-0.39, 0.29) is 11.9 Å². The normalized spacial score (nSPS) is 16.6. The minimum absolute atomic E-state index is 0.110. The van der Waals surface area contributed by atoms with E-state index in [0.29, 0.717) is 12.2 Å². The van der Waals surface area contributed by atoms with Crippen LogP contribution < -0.4 is 5.32 Å². The van der Waals surface area contributed by atoms with Crippen molar-refractivity contribution in [3.05, 3.63) is 74.5 Å². The monoisotopic (exact) mass is 419 g/mol. The second-order valence-electron chi connectivity index (χ2n) is 5.46. The zero-order valence-corrected chi connectivity index (χ0v) is 15.3. The Hall–Kier alpha value is -1.82. The first-order valence-electron chi connectivity index (χ1n) is 7.61. The molecule has 1 aliphatic rings. The number of esters is 1. The van der Waals surface area contributed by atoms with Crippen LogP contribution >= 0.6 is 22.6 Å². The van der Waals surface area contributed by atoms with E-state index < -0.39 is 0 Å². The van der Waals surface area contributed by atoms with Crippen molar-refractivity contribution in [3.63, 3.8) is 0 Å². The minimum atomic E-state index is -0.254. The molecule has 2 aromatic carbocycles. The fraction of sp³-hybridized carbons (Fsp3) is 0.211. The quantitative estimate of drug-likeness (QED) is 0.580. The minimum Gasteiger partial charge on any atom is -0.463 e. The average Bonchev–Trinajstić information content (AvgIpc) is 2.55. The molecule has 0 spiro atoms. The van der Waals surface area contributed by atoms with Crippen LogP contribution in [-0.4, -0.2) is 12.6 Å². The lowest BCUT2D eigenvalue weighted by molar-refractivity contribution is -0.138. The Morgan fingerprint density at radius 2 is 1.96 bits per heavy atom. The number of halogens is 1. The van der Waals surface area contributed by atoms with Gasteiger partial charge in [0, 0.05) is 20.9 Å². The van der Waals surface area contributed by atoms with Crippen LogP contribution in [0.5, 0.6) is 0 Å². The largest absolute Gasteiger partial charge is 0.463 e. The van der Waals surface area contributed by atoms with Crippen molar-refractivity contribution in [2.24, 2.45) is 0 Å². The first-order chi connectivity index (χ1) is 11.1. The van der Waals surface area contributed by atoms with E-state index in [4.69, 9.17) is 4.74 Å². The van der Waals surface area contributed by atoms with Crippen molar-refractivity contribution in [2.75, 3.05) is 11.9 Å². The number of carbonyl (C=O) groups is 1. The number of allylic oxidation sites excluding steroid dienone is 1. The Morgan fingerprint density at radius 1 is 1.22 bits per heavy atom. The molecule has 1 unspecified atom stereocenters. The van der Waals surface area contributed by atoms with Gasteiger partial charge in [-0.3, -0.25) is 0 Å². The summed E-state index contributed by atoms with van der Waals surface area (Å²) in [4.78, 5) is 12.6. The Labute approximate surface area is 149 Å². The zero-order valence-electron chi connectivity index (χ0n) is 13.1. The lowest BCUT2D eigenvalue weighted by atomic mass is 9.81. The van der Waals surface area contributed by atoms with E-state index >= 15 is 0 Å². The number of rotatable bonds is 3. The van der Waals surface area contributed by atoms with E-state index in [2.05, 4.69) is 58.2 Å². The SMILES string of the molecule is CCOC(=O)C1=C(C)Nc2ccc(I)cc2C1c1ccccc1. The molecule has 0 fully saturated rings. The van der Waals surface area contributed by atoms with Crippen LogP contribution in [0.2, 0.25) is 0 Å². The Morgan fingerprint density at radius 3 is 2.65 bits per heavy atom. The summed E-state index contributed by atoms with van der Waals surface area (Å²) in [6.45, 7) is 4.14. The molecule has 1 N–H and O–H groups in total. The van der Waals surface area contributed by atoms with E-state index in [1.165, 1.54) is 0 Å². The standard InChI is InChI=1S/C19H18INO2/c1-3-23-19(22)17-12(2)21-16-10-9-14(20)11-15(16)18(17)13-7-5-4-6-8-13/h4-11,18,21H,3H2,1-2H3.